The highest BCUT2D eigenvalue weighted by Gasteiger charge is 2.26. The van der Waals surface area contributed by atoms with Gasteiger partial charge in [-0.2, -0.15) is 0 Å². The standard InChI is InChI=1S/C11H16NO3P/c1-2-3-4-8-16(11(12)14)10(13)9-6-5-7-15-9/h5-7H,2-4,8H2,1H3,(H2,12,14). The second-order valence-electron chi connectivity index (χ2n) is 3.48. The van der Waals surface area contributed by atoms with Gasteiger partial charge in [0.1, 0.15) is 0 Å². The quantitative estimate of drug-likeness (QED) is 0.588. The lowest BCUT2D eigenvalue weighted by Crippen LogP contribution is -2.14. The number of furan rings is 1. The normalized spacial score (nSPS) is 12.3. The number of carbonyl (C=O) groups is 2. The summed E-state index contributed by atoms with van der Waals surface area (Å²) in [5.41, 5.74) is 4.50. The molecular formula is C11H16NO3P. The first-order chi connectivity index (χ1) is 7.66. The zero-order valence-electron chi connectivity index (χ0n) is 9.31. The molecule has 1 unspecified atom stereocenters. The second-order valence-corrected chi connectivity index (χ2v) is 5.63. The van der Waals surface area contributed by atoms with Crippen molar-refractivity contribution in [3.05, 3.63) is 24.2 Å². The summed E-state index contributed by atoms with van der Waals surface area (Å²) in [5.74, 6) is 0.237. The molecule has 0 saturated carbocycles. The molecule has 0 bridgehead atoms. The second kappa shape index (κ2) is 6.44. The van der Waals surface area contributed by atoms with E-state index in [4.69, 9.17) is 10.2 Å². The molecule has 2 N–H and O–H groups in total. The summed E-state index contributed by atoms with van der Waals surface area (Å²) in [4.78, 5) is 23.1. The first-order valence-corrected chi connectivity index (χ1v) is 6.84. The zero-order valence-corrected chi connectivity index (χ0v) is 10.2. The van der Waals surface area contributed by atoms with Crippen LogP contribution in [0.1, 0.15) is 36.7 Å². The van der Waals surface area contributed by atoms with E-state index >= 15 is 0 Å². The van der Waals surface area contributed by atoms with Gasteiger partial charge in [-0.25, -0.2) is 0 Å². The Bertz CT molecular complexity index is 348. The third-order valence-corrected chi connectivity index (χ3v) is 4.23. The maximum absolute atomic E-state index is 11.9. The Morgan fingerprint density at radius 1 is 1.44 bits per heavy atom. The average Bonchev–Trinajstić information content (AvgIpc) is 2.76. The number of carbonyl (C=O) groups excluding carboxylic acids is 2. The van der Waals surface area contributed by atoms with Crippen molar-refractivity contribution in [2.75, 3.05) is 6.16 Å². The number of unbranched alkanes of at least 4 members (excludes halogenated alkanes) is 2. The molecule has 0 spiro atoms. The highest BCUT2D eigenvalue weighted by molar-refractivity contribution is 7.89. The van der Waals surface area contributed by atoms with Gasteiger partial charge in [-0.15, -0.1) is 0 Å². The molecular weight excluding hydrogens is 225 g/mol. The van der Waals surface area contributed by atoms with E-state index in [2.05, 4.69) is 6.92 Å². The highest BCUT2D eigenvalue weighted by atomic mass is 31.1. The number of rotatable bonds is 7. The van der Waals surface area contributed by atoms with Crippen LogP contribution < -0.4 is 5.73 Å². The summed E-state index contributed by atoms with van der Waals surface area (Å²) in [7, 11) is -1.44. The van der Waals surface area contributed by atoms with Gasteiger partial charge in [-0.3, -0.25) is 9.59 Å². The topological polar surface area (TPSA) is 73.3 Å². The Morgan fingerprint density at radius 3 is 2.69 bits per heavy atom. The molecule has 0 saturated heterocycles. The molecule has 1 amide bonds. The van der Waals surface area contributed by atoms with Crippen LogP contribution in [0.3, 0.4) is 0 Å². The number of primary amides is 1. The Labute approximate surface area is 95.9 Å². The maximum Gasteiger partial charge on any atom is 0.246 e. The van der Waals surface area contributed by atoms with Gasteiger partial charge < -0.3 is 10.2 Å². The van der Waals surface area contributed by atoms with Crippen LogP contribution in [-0.2, 0) is 0 Å². The lowest BCUT2D eigenvalue weighted by atomic mass is 10.3. The molecule has 0 fully saturated rings. The van der Waals surface area contributed by atoms with Crippen molar-refractivity contribution in [2.45, 2.75) is 26.2 Å². The van der Waals surface area contributed by atoms with Crippen LogP contribution in [0.5, 0.6) is 0 Å². The third-order valence-electron chi connectivity index (χ3n) is 2.23. The fourth-order valence-corrected chi connectivity index (χ4v) is 2.92. The molecule has 1 heterocycles. The molecule has 5 heteroatoms. The van der Waals surface area contributed by atoms with Crippen molar-refractivity contribution >= 4 is 19.1 Å². The monoisotopic (exact) mass is 241 g/mol. The molecule has 0 aromatic carbocycles. The Kier molecular flexibility index (Phi) is 5.20. The summed E-state index contributed by atoms with van der Waals surface area (Å²) in [5, 5.41) is 0. The molecule has 88 valence electrons. The van der Waals surface area contributed by atoms with Gasteiger partial charge in [0.25, 0.3) is 0 Å². The van der Waals surface area contributed by atoms with Crippen LogP contribution >= 0.6 is 7.92 Å². The molecule has 1 aromatic rings. The number of nitrogens with two attached hydrogens (primary N) is 1. The van der Waals surface area contributed by atoms with Gasteiger partial charge >= 0.3 is 0 Å². The minimum atomic E-state index is -1.44. The molecule has 1 rings (SSSR count). The lowest BCUT2D eigenvalue weighted by Gasteiger charge is -2.09. The molecule has 16 heavy (non-hydrogen) atoms. The first kappa shape index (κ1) is 12.9. The van der Waals surface area contributed by atoms with Crippen molar-refractivity contribution < 1.29 is 14.0 Å². The highest BCUT2D eigenvalue weighted by Crippen LogP contribution is 2.40. The van der Waals surface area contributed by atoms with E-state index in [0.29, 0.717) is 6.16 Å². The molecule has 0 aliphatic rings. The molecule has 1 aromatic heterocycles. The Morgan fingerprint density at radius 2 is 2.19 bits per heavy atom. The van der Waals surface area contributed by atoms with Crippen LogP contribution in [0.15, 0.2) is 22.8 Å². The number of amides is 1. The minimum Gasteiger partial charge on any atom is -0.461 e. The van der Waals surface area contributed by atoms with E-state index in [1.807, 2.05) is 0 Å². The largest absolute Gasteiger partial charge is 0.461 e. The van der Waals surface area contributed by atoms with Crippen molar-refractivity contribution in [3.8, 4) is 0 Å². The van der Waals surface area contributed by atoms with Gasteiger partial charge in [-0.1, -0.05) is 19.8 Å². The van der Waals surface area contributed by atoms with Gasteiger partial charge in [0.15, 0.2) is 5.76 Å². The number of hydrogen-bond acceptors (Lipinski definition) is 3. The number of hydrogen-bond donors (Lipinski definition) is 1. The average molecular weight is 241 g/mol. The van der Waals surface area contributed by atoms with Crippen molar-refractivity contribution in [1.29, 1.82) is 0 Å². The lowest BCUT2D eigenvalue weighted by molar-refractivity contribution is 0.105. The summed E-state index contributed by atoms with van der Waals surface area (Å²) in [6.45, 7) is 2.07. The van der Waals surface area contributed by atoms with E-state index in [1.54, 1.807) is 12.1 Å². The van der Waals surface area contributed by atoms with Crippen LogP contribution in [0.25, 0.3) is 0 Å². The van der Waals surface area contributed by atoms with Crippen LogP contribution in [0.2, 0.25) is 0 Å². The molecule has 0 aliphatic carbocycles. The smallest absolute Gasteiger partial charge is 0.246 e. The third kappa shape index (κ3) is 3.46. The van der Waals surface area contributed by atoms with Crippen LogP contribution in [-0.4, -0.2) is 17.3 Å². The van der Waals surface area contributed by atoms with Gasteiger partial charge in [0, 0.05) is 0 Å². The maximum atomic E-state index is 11.9. The minimum absolute atomic E-state index is 0.237. The fourth-order valence-electron chi connectivity index (χ4n) is 1.37. The van der Waals surface area contributed by atoms with Gasteiger partial charge in [0.2, 0.25) is 11.2 Å². The van der Waals surface area contributed by atoms with E-state index in [-0.39, 0.29) is 11.3 Å². The van der Waals surface area contributed by atoms with E-state index in [1.165, 1.54) is 6.26 Å². The predicted octanol–water partition coefficient (Wildman–Crippen LogP) is 3.17. The van der Waals surface area contributed by atoms with Crippen molar-refractivity contribution in [2.24, 2.45) is 5.73 Å². The van der Waals surface area contributed by atoms with Crippen LogP contribution in [0.4, 0.5) is 4.79 Å². The Hall–Kier alpha value is -1.15. The first-order valence-electron chi connectivity index (χ1n) is 5.31. The summed E-state index contributed by atoms with van der Waals surface area (Å²) in [6.07, 6.45) is 4.91. The van der Waals surface area contributed by atoms with E-state index in [9.17, 15) is 9.59 Å². The summed E-state index contributed by atoms with van der Waals surface area (Å²) in [6, 6.07) is 3.20. The zero-order chi connectivity index (χ0) is 12.0. The molecule has 4 nitrogen and oxygen atoms in total. The van der Waals surface area contributed by atoms with E-state index in [0.717, 1.165) is 19.3 Å². The predicted molar refractivity (Wildman–Crippen MR) is 63.9 cm³/mol. The summed E-state index contributed by atoms with van der Waals surface area (Å²) >= 11 is 0. The molecule has 0 radical (unpaired) electrons. The molecule has 1 atom stereocenters. The Balaban J connectivity index is 2.63. The van der Waals surface area contributed by atoms with Gasteiger partial charge in [-0.05, 0) is 24.7 Å². The van der Waals surface area contributed by atoms with Crippen molar-refractivity contribution in [1.82, 2.24) is 0 Å². The van der Waals surface area contributed by atoms with Crippen molar-refractivity contribution in [3.63, 3.8) is 0 Å². The van der Waals surface area contributed by atoms with Crippen LogP contribution in [0, 0.1) is 0 Å². The SMILES string of the molecule is CCCCCP(C(N)=O)C(=O)c1ccco1. The molecule has 0 aliphatic heterocycles. The fraction of sp³-hybridized carbons (Fsp3) is 0.455. The van der Waals surface area contributed by atoms with E-state index < -0.39 is 13.6 Å². The van der Waals surface area contributed by atoms with Gasteiger partial charge in [0.05, 0.1) is 14.2 Å². The summed E-state index contributed by atoms with van der Waals surface area (Å²) < 4.78 is 4.99.